The molecule has 0 aliphatic heterocycles. The maximum Gasteiger partial charge on any atom is 0.257 e. The molecule has 0 unspecified atom stereocenters. The van der Waals surface area contributed by atoms with Crippen molar-refractivity contribution in [3.8, 4) is 0 Å². The van der Waals surface area contributed by atoms with Crippen LogP contribution in [0.1, 0.15) is 27.1 Å². The van der Waals surface area contributed by atoms with Crippen molar-refractivity contribution >= 4 is 40.2 Å². The molecular formula is C22H21N5O5. The minimum atomic E-state index is -0.704. The van der Waals surface area contributed by atoms with Gasteiger partial charge in [-0.3, -0.25) is 24.0 Å². The molecule has 0 fully saturated rings. The Morgan fingerprint density at radius 1 is 0.875 bits per heavy atom. The number of H-pyrrole nitrogens is 1. The van der Waals surface area contributed by atoms with Crippen LogP contribution in [-0.4, -0.2) is 41.7 Å². The van der Waals surface area contributed by atoms with Gasteiger partial charge in [0.25, 0.3) is 11.8 Å². The molecule has 1 aromatic heterocycles. The highest BCUT2D eigenvalue weighted by Gasteiger charge is 2.16. The van der Waals surface area contributed by atoms with Crippen molar-refractivity contribution in [3.63, 3.8) is 0 Å². The third-order valence-corrected chi connectivity index (χ3v) is 4.55. The Bertz CT molecular complexity index is 1250. The molecule has 0 radical (unpaired) electrons. The van der Waals surface area contributed by atoms with Crippen molar-refractivity contribution in [2.75, 3.05) is 18.4 Å². The van der Waals surface area contributed by atoms with E-state index in [1.165, 1.54) is 18.3 Å². The molecule has 0 atom stereocenters. The summed E-state index contributed by atoms with van der Waals surface area (Å²) >= 11 is 0. The number of para-hydroxylation sites is 2. The van der Waals surface area contributed by atoms with E-state index >= 15 is 0 Å². The van der Waals surface area contributed by atoms with Crippen LogP contribution in [0, 0.1) is 0 Å². The van der Waals surface area contributed by atoms with E-state index in [4.69, 9.17) is 5.73 Å². The van der Waals surface area contributed by atoms with Crippen LogP contribution in [-0.2, 0) is 9.59 Å². The third-order valence-electron chi connectivity index (χ3n) is 4.55. The van der Waals surface area contributed by atoms with Gasteiger partial charge < -0.3 is 26.7 Å². The van der Waals surface area contributed by atoms with Crippen LogP contribution >= 0.6 is 0 Å². The summed E-state index contributed by atoms with van der Waals surface area (Å²) < 4.78 is 0. The summed E-state index contributed by atoms with van der Waals surface area (Å²) in [5, 5.41) is 7.85. The number of rotatable bonds is 8. The van der Waals surface area contributed by atoms with E-state index in [0.717, 1.165) is 0 Å². The standard InChI is InChI=1S/C22H21N5O5/c23-18(28)9-10-24-21(31)14-6-2-4-8-17(14)27-19(29)12-26-22(32)15-11-25-16-7-3-1-5-13(16)20(15)30/h1-8,11H,9-10,12H2,(H2,23,28)(H,24,31)(H,25,30)(H,26,32)(H,27,29). The normalized spacial score (nSPS) is 10.4. The van der Waals surface area contributed by atoms with E-state index in [1.807, 2.05) is 0 Å². The highest BCUT2D eigenvalue weighted by atomic mass is 16.2. The predicted octanol–water partition coefficient (Wildman–Crippen LogP) is 0.502. The maximum absolute atomic E-state index is 12.5. The first-order valence-electron chi connectivity index (χ1n) is 9.71. The van der Waals surface area contributed by atoms with Crippen LogP contribution in [0.4, 0.5) is 5.69 Å². The topological polar surface area (TPSA) is 163 Å². The predicted molar refractivity (Wildman–Crippen MR) is 118 cm³/mol. The molecule has 0 aliphatic rings. The maximum atomic E-state index is 12.5. The fraction of sp³-hybridized carbons (Fsp3) is 0.136. The average Bonchev–Trinajstić information content (AvgIpc) is 2.78. The van der Waals surface area contributed by atoms with Crippen molar-refractivity contribution in [2.45, 2.75) is 6.42 Å². The summed E-state index contributed by atoms with van der Waals surface area (Å²) in [6, 6.07) is 13.0. The zero-order valence-electron chi connectivity index (χ0n) is 16.9. The number of aromatic nitrogens is 1. The highest BCUT2D eigenvalue weighted by molar-refractivity contribution is 6.05. The number of fused-ring (bicyclic) bond motifs is 1. The number of nitrogens with two attached hydrogens (primary N) is 1. The number of pyridine rings is 1. The van der Waals surface area contributed by atoms with Crippen LogP contribution in [0.25, 0.3) is 10.9 Å². The van der Waals surface area contributed by atoms with Crippen molar-refractivity contribution in [2.24, 2.45) is 5.73 Å². The number of anilines is 1. The molecule has 4 amide bonds. The smallest absolute Gasteiger partial charge is 0.257 e. The van der Waals surface area contributed by atoms with Gasteiger partial charge in [0, 0.05) is 30.1 Å². The van der Waals surface area contributed by atoms with Gasteiger partial charge in [-0.1, -0.05) is 24.3 Å². The SMILES string of the molecule is NC(=O)CCNC(=O)c1ccccc1NC(=O)CNC(=O)c1c[nH]c2ccccc2c1=O. The molecule has 0 bridgehead atoms. The Labute approximate surface area is 182 Å². The number of carbonyl (C=O) groups is 4. The molecule has 0 aliphatic carbocycles. The average molecular weight is 435 g/mol. The zero-order chi connectivity index (χ0) is 23.1. The van der Waals surface area contributed by atoms with Gasteiger partial charge >= 0.3 is 0 Å². The van der Waals surface area contributed by atoms with Gasteiger partial charge in [-0.25, -0.2) is 0 Å². The van der Waals surface area contributed by atoms with Crippen molar-refractivity contribution in [1.29, 1.82) is 0 Å². The van der Waals surface area contributed by atoms with Crippen LogP contribution < -0.4 is 27.1 Å². The van der Waals surface area contributed by atoms with E-state index in [2.05, 4.69) is 20.9 Å². The molecule has 0 spiro atoms. The number of primary amides is 1. The van der Waals surface area contributed by atoms with E-state index in [1.54, 1.807) is 36.4 Å². The molecular weight excluding hydrogens is 414 g/mol. The van der Waals surface area contributed by atoms with Crippen molar-refractivity contribution < 1.29 is 19.2 Å². The molecule has 32 heavy (non-hydrogen) atoms. The van der Waals surface area contributed by atoms with Gasteiger partial charge in [0.15, 0.2) is 0 Å². The Kier molecular flexibility index (Phi) is 6.96. The summed E-state index contributed by atoms with van der Waals surface area (Å²) in [4.78, 5) is 63.2. The second kappa shape index (κ2) is 10.0. The monoisotopic (exact) mass is 435 g/mol. The first kappa shape index (κ1) is 22.2. The van der Waals surface area contributed by atoms with Gasteiger partial charge in [0.1, 0.15) is 5.56 Å². The first-order valence-corrected chi connectivity index (χ1v) is 9.71. The molecule has 6 N–H and O–H groups in total. The van der Waals surface area contributed by atoms with Crippen molar-refractivity contribution in [1.82, 2.24) is 15.6 Å². The van der Waals surface area contributed by atoms with Crippen LogP contribution in [0.5, 0.6) is 0 Å². The largest absolute Gasteiger partial charge is 0.370 e. The minimum Gasteiger partial charge on any atom is -0.370 e. The Hall–Kier alpha value is -4.47. The first-order chi connectivity index (χ1) is 15.4. The lowest BCUT2D eigenvalue weighted by Gasteiger charge is -2.12. The van der Waals surface area contributed by atoms with Gasteiger partial charge in [0.2, 0.25) is 17.2 Å². The van der Waals surface area contributed by atoms with Gasteiger partial charge in [-0.2, -0.15) is 0 Å². The number of hydrogen-bond donors (Lipinski definition) is 5. The molecule has 164 valence electrons. The van der Waals surface area contributed by atoms with Gasteiger partial charge in [0.05, 0.1) is 17.8 Å². The summed E-state index contributed by atoms with van der Waals surface area (Å²) in [5.74, 6) is -2.33. The number of amides is 4. The number of hydrogen-bond acceptors (Lipinski definition) is 5. The summed E-state index contributed by atoms with van der Waals surface area (Å²) in [6.45, 7) is -0.352. The molecule has 10 heteroatoms. The fourth-order valence-corrected chi connectivity index (χ4v) is 2.97. The molecule has 1 heterocycles. The minimum absolute atomic E-state index is 0.0137. The fourth-order valence-electron chi connectivity index (χ4n) is 2.97. The third kappa shape index (κ3) is 5.36. The summed E-state index contributed by atoms with van der Waals surface area (Å²) in [6.07, 6.45) is 1.28. The number of benzene rings is 2. The number of carbonyl (C=O) groups excluding carboxylic acids is 4. The van der Waals surface area contributed by atoms with E-state index < -0.39 is 35.6 Å². The second-order valence-corrected chi connectivity index (χ2v) is 6.83. The lowest BCUT2D eigenvalue weighted by molar-refractivity contribution is -0.118. The van der Waals surface area contributed by atoms with E-state index in [9.17, 15) is 24.0 Å². The van der Waals surface area contributed by atoms with Gasteiger partial charge in [-0.15, -0.1) is 0 Å². The summed E-state index contributed by atoms with van der Waals surface area (Å²) in [5.41, 5.74) is 5.48. The van der Waals surface area contributed by atoms with E-state index in [-0.39, 0.29) is 29.8 Å². The zero-order valence-corrected chi connectivity index (χ0v) is 16.9. The molecule has 3 rings (SSSR count). The lowest BCUT2D eigenvalue weighted by atomic mass is 10.1. The number of nitrogens with one attached hydrogen (secondary N) is 4. The van der Waals surface area contributed by atoms with Crippen LogP contribution in [0.3, 0.4) is 0 Å². The van der Waals surface area contributed by atoms with Crippen LogP contribution in [0.2, 0.25) is 0 Å². The second-order valence-electron chi connectivity index (χ2n) is 6.83. The molecule has 3 aromatic rings. The molecule has 0 saturated heterocycles. The number of aromatic amines is 1. The molecule has 2 aromatic carbocycles. The summed E-state index contributed by atoms with van der Waals surface area (Å²) in [7, 11) is 0. The Morgan fingerprint density at radius 3 is 2.34 bits per heavy atom. The Morgan fingerprint density at radius 2 is 1.56 bits per heavy atom. The van der Waals surface area contributed by atoms with E-state index in [0.29, 0.717) is 10.9 Å². The van der Waals surface area contributed by atoms with Gasteiger partial charge in [-0.05, 0) is 24.3 Å². The molecule has 0 saturated carbocycles. The Balaban J connectivity index is 1.63. The quantitative estimate of drug-likeness (QED) is 0.347. The van der Waals surface area contributed by atoms with Crippen LogP contribution in [0.15, 0.2) is 59.5 Å². The lowest BCUT2D eigenvalue weighted by Crippen LogP contribution is -2.36. The highest BCUT2D eigenvalue weighted by Crippen LogP contribution is 2.14. The van der Waals surface area contributed by atoms with Crippen molar-refractivity contribution in [3.05, 3.63) is 76.1 Å². The molecule has 10 nitrogen and oxygen atoms in total.